The van der Waals surface area contributed by atoms with Crippen molar-refractivity contribution in [3.05, 3.63) is 54.1 Å². The molecule has 2 aliphatic heterocycles. The molecular formula is C22H30N4O. The summed E-state index contributed by atoms with van der Waals surface area (Å²) in [5, 5.41) is 0. The van der Waals surface area contributed by atoms with Gasteiger partial charge in [-0.1, -0.05) is 30.3 Å². The van der Waals surface area contributed by atoms with Crippen LogP contribution >= 0.6 is 0 Å². The van der Waals surface area contributed by atoms with Crippen molar-refractivity contribution in [1.82, 2.24) is 19.8 Å². The van der Waals surface area contributed by atoms with E-state index in [0.29, 0.717) is 11.8 Å². The summed E-state index contributed by atoms with van der Waals surface area (Å²) in [6, 6.07) is 10.6. The summed E-state index contributed by atoms with van der Waals surface area (Å²) in [5.74, 6) is 0.972. The molecule has 0 saturated carbocycles. The first kappa shape index (κ1) is 18.2. The summed E-state index contributed by atoms with van der Waals surface area (Å²) in [6.45, 7) is 8.04. The zero-order valence-corrected chi connectivity index (χ0v) is 16.4. The van der Waals surface area contributed by atoms with E-state index < -0.39 is 0 Å². The third-order valence-corrected chi connectivity index (χ3v) is 6.37. The second kappa shape index (κ2) is 7.47. The first-order valence-corrected chi connectivity index (χ1v) is 10.1. The van der Waals surface area contributed by atoms with Crippen LogP contribution in [0.2, 0.25) is 0 Å². The Kier molecular flexibility index (Phi) is 5.04. The molecule has 2 aliphatic rings. The topological polar surface area (TPSA) is 52.2 Å². The predicted octanol–water partition coefficient (Wildman–Crippen LogP) is 3.42. The fraction of sp³-hybridized carbons (Fsp3) is 0.545. The van der Waals surface area contributed by atoms with Crippen LogP contribution in [0.25, 0.3) is 0 Å². The summed E-state index contributed by atoms with van der Waals surface area (Å²) in [4.78, 5) is 25.1. The summed E-state index contributed by atoms with van der Waals surface area (Å²) in [7, 11) is 0. The average molecular weight is 367 g/mol. The van der Waals surface area contributed by atoms with Gasteiger partial charge in [0, 0.05) is 49.5 Å². The van der Waals surface area contributed by atoms with Gasteiger partial charge in [0.1, 0.15) is 0 Å². The Balaban J connectivity index is 1.35. The fourth-order valence-electron chi connectivity index (χ4n) is 4.72. The van der Waals surface area contributed by atoms with Crippen LogP contribution in [-0.4, -0.2) is 50.8 Å². The number of carbonyl (C=O) groups is 1. The minimum absolute atomic E-state index is 0.0599. The number of imidazole rings is 1. The summed E-state index contributed by atoms with van der Waals surface area (Å²) >= 11 is 0. The number of nitrogens with zero attached hydrogens (tertiary/aromatic N) is 3. The molecule has 1 aromatic heterocycles. The average Bonchev–Trinajstić information content (AvgIpc) is 3.31. The quantitative estimate of drug-likeness (QED) is 0.902. The molecule has 0 radical (unpaired) electrons. The fourth-order valence-corrected chi connectivity index (χ4v) is 4.72. The van der Waals surface area contributed by atoms with Crippen LogP contribution < -0.4 is 0 Å². The molecule has 1 aromatic carbocycles. The molecule has 2 saturated heterocycles. The molecule has 1 atom stereocenters. The van der Waals surface area contributed by atoms with Gasteiger partial charge in [-0.2, -0.15) is 0 Å². The molecule has 1 amide bonds. The monoisotopic (exact) mass is 366 g/mol. The van der Waals surface area contributed by atoms with Crippen molar-refractivity contribution in [3.63, 3.8) is 0 Å². The second-order valence-electron chi connectivity index (χ2n) is 8.69. The van der Waals surface area contributed by atoms with Crippen molar-refractivity contribution in [2.24, 2.45) is 5.92 Å². The molecule has 0 aliphatic carbocycles. The summed E-state index contributed by atoms with van der Waals surface area (Å²) in [6.07, 6.45) is 6.66. The molecule has 5 nitrogen and oxygen atoms in total. The lowest BCUT2D eigenvalue weighted by atomic mass is 9.91. The third kappa shape index (κ3) is 3.93. The van der Waals surface area contributed by atoms with E-state index in [0.717, 1.165) is 45.4 Å². The maximum absolute atomic E-state index is 13.2. The highest BCUT2D eigenvalue weighted by molar-refractivity contribution is 5.79. The highest BCUT2D eigenvalue weighted by Crippen LogP contribution is 2.36. The van der Waals surface area contributed by atoms with E-state index >= 15 is 0 Å². The molecule has 0 spiro atoms. The van der Waals surface area contributed by atoms with E-state index in [1.165, 1.54) is 11.3 Å². The van der Waals surface area contributed by atoms with E-state index in [1.807, 2.05) is 6.20 Å². The molecular weight excluding hydrogens is 336 g/mol. The molecule has 5 heteroatoms. The number of rotatable bonds is 4. The SMILES string of the molecule is CC1(C)CC(C(=O)N2CCC(c3cnc[nH]3)CC2)CN1Cc1ccccc1. The smallest absolute Gasteiger partial charge is 0.227 e. The molecule has 27 heavy (non-hydrogen) atoms. The number of H-pyrrole nitrogens is 1. The second-order valence-corrected chi connectivity index (χ2v) is 8.69. The maximum atomic E-state index is 13.2. The minimum Gasteiger partial charge on any atom is -0.348 e. The van der Waals surface area contributed by atoms with Crippen molar-refractivity contribution in [1.29, 1.82) is 0 Å². The number of carbonyl (C=O) groups excluding carboxylic acids is 1. The Morgan fingerprint density at radius 1 is 1.22 bits per heavy atom. The van der Waals surface area contributed by atoms with Crippen LogP contribution in [-0.2, 0) is 11.3 Å². The van der Waals surface area contributed by atoms with Gasteiger partial charge in [0.25, 0.3) is 0 Å². The number of aromatic nitrogens is 2. The van der Waals surface area contributed by atoms with Gasteiger partial charge in [-0.05, 0) is 38.7 Å². The lowest BCUT2D eigenvalue weighted by Crippen LogP contribution is -2.42. The third-order valence-electron chi connectivity index (χ3n) is 6.37. The first-order valence-electron chi connectivity index (χ1n) is 10.1. The molecule has 0 bridgehead atoms. The number of amides is 1. The molecule has 2 fully saturated rings. The van der Waals surface area contributed by atoms with Gasteiger partial charge >= 0.3 is 0 Å². The summed E-state index contributed by atoms with van der Waals surface area (Å²) in [5.41, 5.74) is 2.59. The van der Waals surface area contributed by atoms with Crippen molar-refractivity contribution in [3.8, 4) is 0 Å². The Hall–Kier alpha value is -2.14. The van der Waals surface area contributed by atoms with Gasteiger partial charge in [-0.15, -0.1) is 0 Å². The van der Waals surface area contributed by atoms with Crippen LogP contribution in [0.3, 0.4) is 0 Å². The number of benzene rings is 1. The van der Waals surface area contributed by atoms with Crippen molar-refractivity contribution in [2.75, 3.05) is 19.6 Å². The van der Waals surface area contributed by atoms with Crippen LogP contribution in [0.4, 0.5) is 0 Å². The van der Waals surface area contributed by atoms with E-state index in [-0.39, 0.29) is 11.5 Å². The highest BCUT2D eigenvalue weighted by atomic mass is 16.2. The Bertz CT molecular complexity index is 748. The van der Waals surface area contributed by atoms with Gasteiger partial charge in [0.2, 0.25) is 5.91 Å². The number of aromatic amines is 1. The number of hydrogen-bond acceptors (Lipinski definition) is 3. The van der Waals surface area contributed by atoms with E-state index in [1.54, 1.807) is 6.33 Å². The maximum Gasteiger partial charge on any atom is 0.227 e. The van der Waals surface area contributed by atoms with Gasteiger partial charge in [0.15, 0.2) is 0 Å². The lowest BCUT2D eigenvalue weighted by Gasteiger charge is -2.33. The van der Waals surface area contributed by atoms with Gasteiger partial charge < -0.3 is 9.88 Å². The van der Waals surface area contributed by atoms with Gasteiger partial charge in [0.05, 0.1) is 12.2 Å². The van der Waals surface area contributed by atoms with Gasteiger partial charge in [-0.3, -0.25) is 9.69 Å². The first-order chi connectivity index (χ1) is 13.0. The Morgan fingerprint density at radius 3 is 2.63 bits per heavy atom. The number of likely N-dealkylation sites (tertiary alicyclic amines) is 2. The van der Waals surface area contributed by atoms with Crippen molar-refractivity contribution < 1.29 is 4.79 Å². The molecule has 1 N–H and O–H groups in total. The Morgan fingerprint density at radius 2 is 1.96 bits per heavy atom. The molecule has 1 unspecified atom stereocenters. The number of piperidine rings is 1. The number of hydrogen-bond donors (Lipinski definition) is 1. The minimum atomic E-state index is 0.0599. The largest absolute Gasteiger partial charge is 0.348 e. The molecule has 3 heterocycles. The van der Waals surface area contributed by atoms with Crippen LogP contribution in [0.5, 0.6) is 0 Å². The zero-order chi connectivity index (χ0) is 18.9. The highest BCUT2D eigenvalue weighted by Gasteiger charge is 2.43. The lowest BCUT2D eigenvalue weighted by molar-refractivity contribution is -0.136. The standard InChI is InChI=1S/C22H30N4O/c1-22(2)12-19(15-26(22)14-17-6-4-3-5-7-17)21(27)25-10-8-18(9-11-25)20-13-23-16-24-20/h3-7,13,16,18-19H,8-12,14-15H2,1-2H3,(H,23,24). The zero-order valence-electron chi connectivity index (χ0n) is 16.4. The summed E-state index contributed by atoms with van der Waals surface area (Å²) < 4.78 is 0. The molecule has 144 valence electrons. The Labute approximate surface area is 161 Å². The van der Waals surface area contributed by atoms with Crippen molar-refractivity contribution in [2.45, 2.75) is 51.1 Å². The van der Waals surface area contributed by atoms with Crippen LogP contribution in [0.1, 0.15) is 50.3 Å². The van der Waals surface area contributed by atoms with Gasteiger partial charge in [-0.25, -0.2) is 4.98 Å². The van der Waals surface area contributed by atoms with Crippen LogP contribution in [0.15, 0.2) is 42.9 Å². The van der Waals surface area contributed by atoms with Crippen LogP contribution in [0, 0.1) is 5.92 Å². The van der Waals surface area contributed by atoms with Crippen molar-refractivity contribution >= 4 is 5.91 Å². The molecule has 4 rings (SSSR count). The van der Waals surface area contributed by atoms with E-state index in [4.69, 9.17) is 0 Å². The molecule has 2 aromatic rings. The number of nitrogens with one attached hydrogen (secondary N) is 1. The predicted molar refractivity (Wildman–Crippen MR) is 106 cm³/mol. The normalized spacial score (nSPS) is 23.6. The van der Waals surface area contributed by atoms with E-state index in [2.05, 4.69) is 63.9 Å². The van der Waals surface area contributed by atoms with E-state index in [9.17, 15) is 4.79 Å².